The van der Waals surface area contributed by atoms with Gasteiger partial charge in [-0.15, -0.1) is 12.4 Å². The maximum atomic E-state index is 13.1. The molecule has 5 nitrogen and oxygen atoms in total. The Morgan fingerprint density at radius 1 is 1.17 bits per heavy atom. The molecule has 164 valence electrons. The zero-order chi connectivity index (χ0) is 20.5. The molecule has 3 rings (SSSR count). The molecule has 1 saturated heterocycles. The number of hydrogen-bond donors (Lipinski definition) is 1. The van der Waals surface area contributed by atoms with E-state index in [4.69, 9.17) is 4.74 Å². The van der Waals surface area contributed by atoms with Crippen LogP contribution in [0.15, 0.2) is 42.6 Å². The van der Waals surface area contributed by atoms with Crippen molar-refractivity contribution in [2.75, 3.05) is 19.7 Å². The summed E-state index contributed by atoms with van der Waals surface area (Å²) in [6.45, 7) is 7.32. The van der Waals surface area contributed by atoms with Crippen molar-refractivity contribution >= 4 is 18.3 Å². The molecule has 1 N–H and O–H groups in total. The van der Waals surface area contributed by atoms with E-state index in [1.165, 1.54) is 11.1 Å². The lowest BCUT2D eigenvalue weighted by molar-refractivity contribution is -0.134. The Morgan fingerprint density at radius 2 is 2.03 bits per heavy atom. The van der Waals surface area contributed by atoms with Crippen LogP contribution in [0.25, 0.3) is 0 Å². The molecule has 1 unspecified atom stereocenters. The van der Waals surface area contributed by atoms with Gasteiger partial charge >= 0.3 is 0 Å². The molecule has 30 heavy (non-hydrogen) atoms. The lowest BCUT2D eigenvalue weighted by Crippen LogP contribution is -2.40. The summed E-state index contributed by atoms with van der Waals surface area (Å²) in [5, 5.41) is 3.44. The minimum Gasteiger partial charge on any atom is -0.494 e. The number of hydrogen-bond acceptors (Lipinski definition) is 4. The first kappa shape index (κ1) is 24.2. The Bertz CT molecular complexity index is 777. The van der Waals surface area contributed by atoms with Gasteiger partial charge in [-0.25, -0.2) is 0 Å². The standard InChI is InChI=1S/C24H33N3O2.ClH/c1-19-10-11-23(17-20(19)2)29-16-6-9-24(28)27(18-21-7-3-4-14-26-21)22-8-5-13-25-15-12-22;/h3-4,7,10-11,14,17,22,25H,5-6,8-9,12-13,15-16,18H2,1-2H3;1H. The summed E-state index contributed by atoms with van der Waals surface area (Å²) in [6.07, 6.45) is 6.16. The molecular weight excluding hydrogens is 398 g/mol. The molecule has 0 radical (unpaired) electrons. The van der Waals surface area contributed by atoms with Crippen molar-refractivity contribution in [3.63, 3.8) is 0 Å². The zero-order valence-electron chi connectivity index (χ0n) is 18.1. The van der Waals surface area contributed by atoms with Gasteiger partial charge in [0.15, 0.2) is 0 Å². The van der Waals surface area contributed by atoms with Gasteiger partial charge in [-0.1, -0.05) is 12.1 Å². The molecule has 1 aliphatic rings. The first-order chi connectivity index (χ1) is 14.1. The summed E-state index contributed by atoms with van der Waals surface area (Å²) in [4.78, 5) is 19.6. The van der Waals surface area contributed by atoms with Crippen LogP contribution >= 0.6 is 12.4 Å². The predicted molar refractivity (Wildman–Crippen MR) is 123 cm³/mol. The fraction of sp³-hybridized carbons (Fsp3) is 0.500. The predicted octanol–water partition coefficient (Wildman–Crippen LogP) is 4.45. The van der Waals surface area contributed by atoms with Crippen molar-refractivity contribution < 1.29 is 9.53 Å². The van der Waals surface area contributed by atoms with Crippen LogP contribution in [0, 0.1) is 13.8 Å². The molecule has 0 bridgehead atoms. The Balaban J connectivity index is 0.00000320. The summed E-state index contributed by atoms with van der Waals surface area (Å²) in [5.74, 6) is 1.08. The molecule has 1 atom stereocenters. The average Bonchev–Trinajstić information content (AvgIpc) is 3.02. The highest BCUT2D eigenvalue weighted by Crippen LogP contribution is 2.19. The number of aryl methyl sites for hydroxylation is 2. The second-order valence-electron chi connectivity index (χ2n) is 7.88. The van der Waals surface area contributed by atoms with Crippen molar-refractivity contribution in [2.45, 2.75) is 58.5 Å². The maximum Gasteiger partial charge on any atom is 0.223 e. The summed E-state index contributed by atoms with van der Waals surface area (Å²) in [7, 11) is 0. The maximum absolute atomic E-state index is 13.1. The Kier molecular flexibility index (Phi) is 10.1. The summed E-state index contributed by atoms with van der Waals surface area (Å²) >= 11 is 0. The van der Waals surface area contributed by atoms with E-state index in [2.05, 4.69) is 36.3 Å². The molecule has 1 aliphatic heterocycles. The largest absolute Gasteiger partial charge is 0.494 e. The van der Waals surface area contributed by atoms with E-state index in [1.807, 2.05) is 29.2 Å². The quantitative estimate of drug-likeness (QED) is 0.627. The fourth-order valence-corrected chi connectivity index (χ4v) is 3.76. The molecule has 2 heterocycles. The molecule has 0 saturated carbocycles. The molecule has 0 spiro atoms. The van der Waals surface area contributed by atoms with E-state index in [-0.39, 0.29) is 24.4 Å². The number of nitrogens with one attached hydrogen (secondary N) is 1. The van der Waals surface area contributed by atoms with Gasteiger partial charge in [0.1, 0.15) is 5.75 Å². The number of nitrogens with zero attached hydrogens (tertiary/aromatic N) is 2. The topological polar surface area (TPSA) is 54.5 Å². The zero-order valence-corrected chi connectivity index (χ0v) is 18.9. The van der Waals surface area contributed by atoms with Gasteiger partial charge < -0.3 is 15.0 Å². The molecule has 1 aromatic heterocycles. The third kappa shape index (κ3) is 7.29. The van der Waals surface area contributed by atoms with Gasteiger partial charge in [0.05, 0.1) is 18.8 Å². The first-order valence-corrected chi connectivity index (χ1v) is 10.7. The molecule has 1 aromatic carbocycles. The summed E-state index contributed by atoms with van der Waals surface area (Å²) in [5.41, 5.74) is 3.43. The Hall–Kier alpha value is -2.11. The van der Waals surface area contributed by atoms with Crippen molar-refractivity contribution in [1.82, 2.24) is 15.2 Å². The highest BCUT2D eigenvalue weighted by atomic mass is 35.5. The molecule has 1 fully saturated rings. The highest BCUT2D eigenvalue weighted by molar-refractivity contribution is 5.85. The highest BCUT2D eigenvalue weighted by Gasteiger charge is 2.24. The van der Waals surface area contributed by atoms with Crippen molar-refractivity contribution in [2.24, 2.45) is 0 Å². The van der Waals surface area contributed by atoms with Gasteiger partial charge in [0.25, 0.3) is 0 Å². The van der Waals surface area contributed by atoms with Crippen molar-refractivity contribution in [1.29, 1.82) is 0 Å². The minimum atomic E-state index is 0. The van der Waals surface area contributed by atoms with Gasteiger partial charge in [-0.3, -0.25) is 9.78 Å². The first-order valence-electron chi connectivity index (χ1n) is 10.7. The number of rotatable bonds is 8. The van der Waals surface area contributed by atoms with Crippen LogP contribution in [0.2, 0.25) is 0 Å². The number of pyridine rings is 1. The van der Waals surface area contributed by atoms with Gasteiger partial charge in [-0.2, -0.15) is 0 Å². The summed E-state index contributed by atoms with van der Waals surface area (Å²) in [6, 6.07) is 12.3. The van der Waals surface area contributed by atoms with E-state index in [0.29, 0.717) is 19.6 Å². The van der Waals surface area contributed by atoms with E-state index in [9.17, 15) is 4.79 Å². The average molecular weight is 432 g/mol. The number of halogens is 1. The normalized spacial score (nSPS) is 16.3. The number of aromatic nitrogens is 1. The number of ether oxygens (including phenoxy) is 1. The molecule has 1 amide bonds. The van der Waals surface area contributed by atoms with E-state index >= 15 is 0 Å². The van der Waals surface area contributed by atoms with Crippen LogP contribution < -0.4 is 10.1 Å². The smallest absolute Gasteiger partial charge is 0.223 e. The van der Waals surface area contributed by atoms with E-state index < -0.39 is 0 Å². The van der Waals surface area contributed by atoms with Crippen LogP contribution in [0.3, 0.4) is 0 Å². The van der Waals surface area contributed by atoms with E-state index in [0.717, 1.165) is 50.2 Å². The number of benzene rings is 1. The van der Waals surface area contributed by atoms with Crippen LogP contribution in [0.1, 0.15) is 48.9 Å². The molecule has 6 heteroatoms. The van der Waals surface area contributed by atoms with Crippen molar-refractivity contribution in [3.05, 3.63) is 59.4 Å². The number of carbonyl (C=O) groups is 1. The van der Waals surface area contributed by atoms with E-state index in [1.54, 1.807) is 6.20 Å². The fourth-order valence-electron chi connectivity index (χ4n) is 3.76. The van der Waals surface area contributed by atoms with Gasteiger partial charge in [0.2, 0.25) is 5.91 Å². The lowest BCUT2D eigenvalue weighted by atomic mass is 10.1. The third-order valence-corrected chi connectivity index (χ3v) is 5.65. The van der Waals surface area contributed by atoms with Crippen LogP contribution in [-0.2, 0) is 11.3 Å². The summed E-state index contributed by atoms with van der Waals surface area (Å²) < 4.78 is 5.86. The number of amides is 1. The number of carbonyl (C=O) groups excluding carboxylic acids is 1. The lowest BCUT2D eigenvalue weighted by Gasteiger charge is -2.31. The second kappa shape index (κ2) is 12.6. The van der Waals surface area contributed by atoms with Gasteiger partial charge in [0, 0.05) is 18.7 Å². The Morgan fingerprint density at radius 3 is 2.80 bits per heavy atom. The monoisotopic (exact) mass is 431 g/mol. The third-order valence-electron chi connectivity index (χ3n) is 5.65. The van der Waals surface area contributed by atoms with Crippen LogP contribution in [0.4, 0.5) is 0 Å². The second-order valence-corrected chi connectivity index (χ2v) is 7.88. The van der Waals surface area contributed by atoms with Crippen molar-refractivity contribution in [3.8, 4) is 5.75 Å². The van der Waals surface area contributed by atoms with Gasteiger partial charge in [-0.05, 0) is 88.0 Å². The molecule has 0 aliphatic carbocycles. The molecule has 2 aromatic rings. The molecular formula is C24H34ClN3O2. The minimum absolute atomic E-state index is 0. The SMILES string of the molecule is Cc1ccc(OCCCC(=O)N(Cc2ccccn2)C2CCCNCC2)cc1C.Cl. The van der Waals surface area contributed by atoms with Crippen LogP contribution in [0.5, 0.6) is 5.75 Å². The van der Waals surface area contributed by atoms with Crippen LogP contribution in [-0.4, -0.2) is 41.5 Å². The Labute approximate surface area is 186 Å².